The van der Waals surface area contributed by atoms with Crippen LogP contribution in [0, 0.1) is 0 Å². The van der Waals surface area contributed by atoms with Crippen LogP contribution in [-0.4, -0.2) is 22.5 Å². The van der Waals surface area contributed by atoms with Gasteiger partial charge in [0.15, 0.2) is 5.96 Å². The Morgan fingerprint density at radius 2 is 2.30 bits per heavy atom. The lowest BCUT2D eigenvalue weighted by Crippen LogP contribution is -2.33. The number of nitrogens with zero attached hydrogens (tertiary/aromatic N) is 3. The molecule has 2 rings (SSSR count). The van der Waals surface area contributed by atoms with Crippen molar-refractivity contribution in [3.63, 3.8) is 0 Å². The summed E-state index contributed by atoms with van der Waals surface area (Å²) in [6.07, 6.45) is 3.58. The lowest BCUT2D eigenvalue weighted by Gasteiger charge is -2.04. The van der Waals surface area contributed by atoms with Crippen LogP contribution in [0.2, 0.25) is 0 Å². The van der Waals surface area contributed by atoms with Crippen molar-refractivity contribution < 1.29 is 0 Å². The highest BCUT2D eigenvalue weighted by Gasteiger charge is 2.00. The summed E-state index contributed by atoms with van der Waals surface area (Å²) in [7, 11) is 0. The number of guanidine groups is 1. The zero-order valence-corrected chi connectivity index (χ0v) is 12.4. The number of thiazole rings is 1. The largest absolute Gasteiger partial charge is 0.370 e. The minimum atomic E-state index is 0.451. The molecule has 5 nitrogen and oxygen atoms in total. The van der Waals surface area contributed by atoms with Crippen molar-refractivity contribution in [1.82, 2.24) is 15.3 Å². The third-order valence-corrected chi connectivity index (χ3v) is 3.77. The fourth-order valence-corrected chi connectivity index (χ4v) is 2.41. The van der Waals surface area contributed by atoms with E-state index in [4.69, 9.17) is 5.73 Å². The molecule has 2 aromatic rings. The van der Waals surface area contributed by atoms with Crippen molar-refractivity contribution >= 4 is 17.3 Å². The summed E-state index contributed by atoms with van der Waals surface area (Å²) in [5, 5.41) is 6.25. The molecule has 20 heavy (non-hydrogen) atoms. The third kappa shape index (κ3) is 4.62. The normalized spacial score (nSPS) is 11.6. The van der Waals surface area contributed by atoms with Gasteiger partial charge in [-0.25, -0.2) is 9.98 Å². The first kappa shape index (κ1) is 14.5. The van der Waals surface area contributed by atoms with Crippen LogP contribution >= 0.6 is 11.3 Å². The molecule has 0 bridgehead atoms. The lowest BCUT2D eigenvalue weighted by atomic mass is 10.3. The van der Waals surface area contributed by atoms with E-state index in [0.29, 0.717) is 12.5 Å². The first-order chi connectivity index (χ1) is 9.78. The molecule has 0 aliphatic rings. The van der Waals surface area contributed by atoms with Crippen molar-refractivity contribution in [2.24, 2.45) is 10.7 Å². The number of aryl methyl sites for hydroxylation is 1. The molecule has 0 spiro atoms. The van der Waals surface area contributed by atoms with E-state index in [9.17, 15) is 0 Å². The summed E-state index contributed by atoms with van der Waals surface area (Å²) in [6.45, 7) is 3.35. The van der Waals surface area contributed by atoms with Crippen LogP contribution in [0.3, 0.4) is 0 Å². The molecule has 0 amide bonds. The van der Waals surface area contributed by atoms with Gasteiger partial charge >= 0.3 is 0 Å². The van der Waals surface area contributed by atoms with Gasteiger partial charge in [0, 0.05) is 30.2 Å². The van der Waals surface area contributed by atoms with Crippen molar-refractivity contribution in [3.05, 3.63) is 46.2 Å². The van der Waals surface area contributed by atoms with Crippen LogP contribution < -0.4 is 11.1 Å². The van der Waals surface area contributed by atoms with Crippen LogP contribution in [0.25, 0.3) is 0 Å². The van der Waals surface area contributed by atoms with E-state index in [1.54, 1.807) is 17.5 Å². The molecule has 2 aromatic heterocycles. The van der Waals surface area contributed by atoms with Crippen molar-refractivity contribution in [1.29, 1.82) is 0 Å². The summed E-state index contributed by atoms with van der Waals surface area (Å²) in [4.78, 5) is 13.0. The van der Waals surface area contributed by atoms with Crippen LogP contribution in [0.1, 0.15) is 23.3 Å². The van der Waals surface area contributed by atoms with Crippen LogP contribution in [0.4, 0.5) is 0 Å². The summed E-state index contributed by atoms with van der Waals surface area (Å²) in [6, 6.07) is 5.88. The summed E-state index contributed by atoms with van der Waals surface area (Å²) in [5.41, 5.74) is 7.83. The average molecular weight is 289 g/mol. The van der Waals surface area contributed by atoms with E-state index in [1.165, 1.54) is 0 Å². The van der Waals surface area contributed by atoms with E-state index in [0.717, 1.165) is 35.8 Å². The van der Waals surface area contributed by atoms with Gasteiger partial charge in [0.25, 0.3) is 0 Å². The van der Waals surface area contributed by atoms with Crippen molar-refractivity contribution in [2.45, 2.75) is 26.3 Å². The van der Waals surface area contributed by atoms with E-state index in [2.05, 4.69) is 27.2 Å². The zero-order valence-electron chi connectivity index (χ0n) is 11.5. The van der Waals surface area contributed by atoms with Crippen molar-refractivity contribution in [2.75, 3.05) is 6.54 Å². The highest BCUT2D eigenvalue weighted by Crippen LogP contribution is 2.10. The van der Waals surface area contributed by atoms with Crippen LogP contribution in [-0.2, 0) is 19.4 Å². The van der Waals surface area contributed by atoms with E-state index >= 15 is 0 Å². The molecular weight excluding hydrogens is 270 g/mol. The predicted molar refractivity (Wildman–Crippen MR) is 82.8 cm³/mol. The number of nitrogens with two attached hydrogens (primary N) is 1. The molecular formula is C14H19N5S. The standard InChI is InChI=1S/C14H19N5S/c1-2-13-19-12(10-20-13)9-18-14(15)17-8-6-11-5-3-4-7-16-11/h3-5,7,10H,2,6,8-9H2,1H3,(H3,15,17,18). The first-order valence-corrected chi connectivity index (χ1v) is 7.53. The molecule has 0 atom stereocenters. The molecule has 0 aliphatic heterocycles. The van der Waals surface area contributed by atoms with Gasteiger partial charge in [-0.15, -0.1) is 11.3 Å². The minimum Gasteiger partial charge on any atom is -0.370 e. The number of rotatable bonds is 6. The Kier molecular flexibility index (Phi) is 5.49. The number of hydrogen-bond donors (Lipinski definition) is 2. The Morgan fingerprint density at radius 1 is 1.40 bits per heavy atom. The molecule has 0 radical (unpaired) electrons. The average Bonchev–Trinajstić information content (AvgIpc) is 2.94. The maximum atomic E-state index is 5.82. The van der Waals surface area contributed by atoms with E-state index in [1.807, 2.05) is 23.6 Å². The Bertz CT molecular complexity index is 550. The van der Waals surface area contributed by atoms with E-state index in [-0.39, 0.29) is 0 Å². The van der Waals surface area contributed by atoms with Gasteiger partial charge in [-0.1, -0.05) is 13.0 Å². The molecule has 0 unspecified atom stereocenters. The third-order valence-electron chi connectivity index (χ3n) is 2.73. The Balaban J connectivity index is 1.74. The van der Waals surface area contributed by atoms with Crippen molar-refractivity contribution in [3.8, 4) is 0 Å². The number of hydrogen-bond acceptors (Lipinski definition) is 4. The SMILES string of the molecule is CCc1nc(CN=C(N)NCCc2ccccn2)cs1. The second kappa shape index (κ2) is 7.59. The van der Waals surface area contributed by atoms with Gasteiger partial charge in [0.05, 0.1) is 17.2 Å². The highest BCUT2D eigenvalue weighted by atomic mass is 32.1. The number of nitrogens with one attached hydrogen (secondary N) is 1. The number of aliphatic imine (C=N–C) groups is 1. The van der Waals surface area contributed by atoms with Gasteiger partial charge in [-0.3, -0.25) is 4.98 Å². The zero-order chi connectivity index (χ0) is 14.2. The number of aromatic nitrogens is 2. The Hall–Kier alpha value is -1.95. The molecule has 0 saturated carbocycles. The lowest BCUT2D eigenvalue weighted by molar-refractivity contribution is 0.825. The molecule has 0 fully saturated rings. The monoisotopic (exact) mass is 289 g/mol. The molecule has 0 aromatic carbocycles. The summed E-state index contributed by atoms with van der Waals surface area (Å²) in [5.74, 6) is 0.451. The summed E-state index contributed by atoms with van der Waals surface area (Å²) < 4.78 is 0. The molecule has 3 N–H and O–H groups in total. The van der Waals surface area contributed by atoms with Gasteiger partial charge in [-0.05, 0) is 18.6 Å². The van der Waals surface area contributed by atoms with Gasteiger partial charge in [0.1, 0.15) is 0 Å². The first-order valence-electron chi connectivity index (χ1n) is 6.65. The molecule has 0 saturated heterocycles. The number of pyridine rings is 1. The fraction of sp³-hybridized carbons (Fsp3) is 0.357. The topological polar surface area (TPSA) is 76.2 Å². The fourth-order valence-electron chi connectivity index (χ4n) is 1.67. The molecule has 2 heterocycles. The predicted octanol–water partition coefficient (Wildman–Crippen LogP) is 1.75. The van der Waals surface area contributed by atoms with E-state index < -0.39 is 0 Å². The minimum absolute atomic E-state index is 0.451. The second-order valence-electron chi connectivity index (χ2n) is 4.29. The Morgan fingerprint density at radius 3 is 3.00 bits per heavy atom. The van der Waals surface area contributed by atoms with Gasteiger partial charge < -0.3 is 11.1 Å². The van der Waals surface area contributed by atoms with Crippen LogP contribution in [0.15, 0.2) is 34.8 Å². The Labute approximate surface area is 123 Å². The maximum Gasteiger partial charge on any atom is 0.188 e. The molecule has 0 aliphatic carbocycles. The molecule has 106 valence electrons. The maximum absolute atomic E-state index is 5.82. The van der Waals surface area contributed by atoms with Gasteiger partial charge in [-0.2, -0.15) is 0 Å². The quantitative estimate of drug-likeness (QED) is 0.627. The summed E-state index contributed by atoms with van der Waals surface area (Å²) >= 11 is 1.67. The van der Waals surface area contributed by atoms with Crippen LogP contribution in [0.5, 0.6) is 0 Å². The molecule has 6 heteroatoms. The smallest absolute Gasteiger partial charge is 0.188 e. The van der Waals surface area contributed by atoms with Gasteiger partial charge in [0.2, 0.25) is 0 Å². The highest BCUT2D eigenvalue weighted by molar-refractivity contribution is 7.09. The second-order valence-corrected chi connectivity index (χ2v) is 5.23.